The van der Waals surface area contributed by atoms with Gasteiger partial charge in [0.2, 0.25) is 5.91 Å². The number of carbonyl (C=O) groups is 1. The van der Waals surface area contributed by atoms with Crippen LogP contribution < -0.4 is 5.32 Å². The van der Waals surface area contributed by atoms with Gasteiger partial charge < -0.3 is 10.2 Å². The van der Waals surface area contributed by atoms with Crippen LogP contribution in [0.4, 0.5) is 0 Å². The molecule has 1 unspecified atom stereocenters. The molecule has 19 heavy (non-hydrogen) atoms. The van der Waals surface area contributed by atoms with Crippen molar-refractivity contribution in [3.05, 3.63) is 0 Å². The molecule has 2 saturated heterocycles. The molecule has 0 radical (unpaired) electrons. The van der Waals surface area contributed by atoms with E-state index in [0.717, 1.165) is 39.1 Å². The summed E-state index contributed by atoms with van der Waals surface area (Å²) in [5, 5.41) is 3.53. The molecule has 2 aliphatic heterocycles. The smallest absolute Gasteiger partial charge is 0.236 e. The monoisotopic (exact) mass is 267 g/mol. The summed E-state index contributed by atoms with van der Waals surface area (Å²) >= 11 is 0. The summed E-state index contributed by atoms with van der Waals surface area (Å²) in [4.78, 5) is 16.7. The van der Waals surface area contributed by atoms with E-state index in [0.29, 0.717) is 18.5 Å². The molecule has 2 rings (SSSR count). The first-order chi connectivity index (χ1) is 9.29. The molecular weight excluding hydrogens is 238 g/mol. The van der Waals surface area contributed by atoms with Gasteiger partial charge in [0.15, 0.2) is 0 Å². The molecule has 4 heteroatoms. The maximum atomic E-state index is 12.3. The van der Waals surface area contributed by atoms with E-state index in [1.807, 2.05) is 0 Å². The van der Waals surface area contributed by atoms with E-state index in [-0.39, 0.29) is 0 Å². The summed E-state index contributed by atoms with van der Waals surface area (Å²) < 4.78 is 0. The first-order valence-electron chi connectivity index (χ1n) is 8.03. The average Bonchev–Trinajstić information content (AvgIpc) is 2.93. The van der Waals surface area contributed by atoms with Crippen LogP contribution >= 0.6 is 0 Å². The Morgan fingerprint density at radius 1 is 1.26 bits per heavy atom. The Hall–Kier alpha value is -0.610. The summed E-state index contributed by atoms with van der Waals surface area (Å²) in [6.45, 7) is 7.98. The van der Waals surface area contributed by atoms with Crippen LogP contribution in [0, 0.1) is 0 Å². The lowest BCUT2D eigenvalue weighted by Crippen LogP contribution is -2.46. The van der Waals surface area contributed by atoms with E-state index in [9.17, 15) is 4.79 Å². The summed E-state index contributed by atoms with van der Waals surface area (Å²) in [6, 6.07) is 0.598. The third kappa shape index (κ3) is 4.77. The van der Waals surface area contributed by atoms with Gasteiger partial charge in [-0.15, -0.1) is 0 Å². The molecule has 0 saturated carbocycles. The van der Waals surface area contributed by atoms with Gasteiger partial charge in [-0.25, -0.2) is 0 Å². The van der Waals surface area contributed by atoms with Crippen molar-refractivity contribution < 1.29 is 4.79 Å². The average molecular weight is 267 g/mol. The molecule has 1 atom stereocenters. The molecule has 4 nitrogen and oxygen atoms in total. The van der Waals surface area contributed by atoms with Crippen molar-refractivity contribution in [2.24, 2.45) is 0 Å². The van der Waals surface area contributed by atoms with Crippen LogP contribution in [0.1, 0.15) is 45.4 Å². The number of nitrogens with zero attached hydrogens (tertiary/aromatic N) is 2. The minimum atomic E-state index is 0.339. The van der Waals surface area contributed by atoms with Gasteiger partial charge in [-0.2, -0.15) is 0 Å². The SMILES string of the molecule is CCCN(CC(=O)N1CCCCC1)CC1CCCN1. The molecule has 0 aliphatic carbocycles. The van der Waals surface area contributed by atoms with Gasteiger partial charge in [-0.05, 0) is 51.6 Å². The van der Waals surface area contributed by atoms with Crippen LogP contribution in [0.5, 0.6) is 0 Å². The van der Waals surface area contributed by atoms with E-state index in [4.69, 9.17) is 0 Å². The molecule has 0 aromatic heterocycles. The molecule has 1 amide bonds. The number of likely N-dealkylation sites (tertiary alicyclic amines) is 1. The van der Waals surface area contributed by atoms with Crippen molar-refractivity contribution in [1.82, 2.24) is 15.1 Å². The van der Waals surface area contributed by atoms with Gasteiger partial charge in [0.25, 0.3) is 0 Å². The predicted molar refractivity (Wildman–Crippen MR) is 78.2 cm³/mol. The van der Waals surface area contributed by atoms with Gasteiger partial charge in [0.05, 0.1) is 6.54 Å². The molecule has 110 valence electrons. The first kappa shape index (κ1) is 14.8. The van der Waals surface area contributed by atoms with Gasteiger partial charge in [-0.3, -0.25) is 9.69 Å². The van der Waals surface area contributed by atoms with E-state index in [2.05, 4.69) is 22.0 Å². The highest BCUT2D eigenvalue weighted by Gasteiger charge is 2.22. The normalized spacial score (nSPS) is 24.1. The van der Waals surface area contributed by atoms with Crippen molar-refractivity contribution in [2.45, 2.75) is 51.5 Å². The Kier molecular flexibility index (Phi) is 6.11. The number of hydrogen-bond donors (Lipinski definition) is 1. The predicted octanol–water partition coefficient (Wildman–Crippen LogP) is 1.46. The second-order valence-corrected chi connectivity index (χ2v) is 5.97. The maximum absolute atomic E-state index is 12.3. The van der Waals surface area contributed by atoms with E-state index in [1.165, 1.54) is 32.1 Å². The molecule has 0 spiro atoms. The number of hydrogen-bond acceptors (Lipinski definition) is 3. The highest BCUT2D eigenvalue weighted by Crippen LogP contribution is 2.11. The minimum absolute atomic E-state index is 0.339. The number of amides is 1. The second kappa shape index (κ2) is 7.85. The van der Waals surface area contributed by atoms with Crippen LogP contribution in [0.2, 0.25) is 0 Å². The lowest BCUT2D eigenvalue weighted by molar-refractivity contribution is -0.133. The summed E-state index contributed by atoms with van der Waals surface area (Å²) in [6.07, 6.45) is 7.32. The van der Waals surface area contributed by atoms with Gasteiger partial charge in [0, 0.05) is 25.7 Å². The molecule has 0 aromatic rings. The van der Waals surface area contributed by atoms with Gasteiger partial charge in [-0.1, -0.05) is 6.92 Å². The quantitative estimate of drug-likeness (QED) is 0.791. The Balaban J connectivity index is 1.78. The van der Waals surface area contributed by atoms with Crippen LogP contribution in [-0.4, -0.2) is 61.0 Å². The van der Waals surface area contributed by atoms with Crippen LogP contribution in [0.15, 0.2) is 0 Å². The molecule has 2 heterocycles. The molecule has 0 aromatic carbocycles. The van der Waals surface area contributed by atoms with Crippen molar-refractivity contribution in [3.63, 3.8) is 0 Å². The Labute approximate surface area is 117 Å². The molecule has 0 bridgehead atoms. The van der Waals surface area contributed by atoms with Gasteiger partial charge in [0.1, 0.15) is 0 Å². The van der Waals surface area contributed by atoms with Crippen LogP contribution in [-0.2, 0) is 4.79 Å². The topological polar surface area (TPSA) is 35.6 Å². The number of nitrogens with one attached hydrogen (secondary N) is 1. The van der Waals surface area contributed by atoms with Crippen LogP contribution in [0.3, 0.4) is 0 Å². The second-order valence-electron chi connectivity index (χ2n) is 5.97. The van der Waals surface area contributed by atoms with Crippen molar-refractivity contribution in [3.8, 4) is 0 Å². The molecular formula is C15H29N3O. The first-order valence-corrected chi connectivity index (χ1v) is 8.03. The largest absolute Gasteiger partial charge is 0.342 e. The lowest BCUT2D eigenvalue weighted by Gasteiger charge is -2.31. The zero-order valence-electron chi connectivity index (χ0n) is 12.4. The third-order valence-electron chi connectivity index (χ3n) is 4.25. The zero-order valence-corrected chi connectivity index (χ0v) is 12.4. The molecule has 2 aliphatic rings. The number of piperidine rings is 1. The molecule has 1 N–H and O–H groups in total. The molecule has 2 fully saturated rings. The Morgan fingerprint density at radius 2 is 2.05 bits per heavy atom. The van der Waals surface area contributed by atoms with Gasteiger partial charge >= 0.3 is 0 Å². The van der Waals surface area contributed by atoms with E-state index in [1.54, 1.807) is 0 Å². The van der Waals surface area contributed by atoms with Crippen molar-refractivity contribution in [1.29, 1.82) is 0 Å². The highest BCUT2D eigenvalue weighted by atomic mass is 16.2. The summed E-state index contributed by atoms with van der Waals surface area (Å²) in [7, 11) is 0. The summed E-state index contributed by atoms with van der Waals surface area (Å²) in [5.41, 5.74) is 0. The lowest BCUT2D eigenvalue weighted by atomic mass is 10.1. The van der Waals surface area contributed by atoms with E-state index < -0.39 is 0 Å². The third-order valence-corrected chi connectivity index (χ3v) is 4.25. The van der Waals surface area contributed by atoms with E-state index >= 15 is 0 Å². The minimum Gasteiger partial charge on any atom is -0.342 e. The zero-order chi connectivity index (χ0) is 13.5. The van der Waals surface area contributed by atoms with Crippen molar-refractivity contribution >= 4 is 5.91 Å². The number of carbonyl (C=O) groups excluding carboxylic acids is 1. The fourth-order valence-corrected chi connectivity index (χ4v) is 3.21. The Morgan fingerprint density at radius 3 is 2.68 bits per heavy atom. The fourth-order valence-electron chi connectivity index (χ4n) is 3.21. The highest BCUT2D eigenvalue weighted by molar-refractivity contribution is 5.78. The van der Waals surface area contributed by atoms with Crippen LogP contribution in [0.25, 0.3) is 0 Å². The fraction of sp³-hybridized carbons (Fsp3) is 0.933. The Bertz CT molecular complexity index is 271. The number of rotatable bonds is 6. The standard InChI is InChI=1S/C15H29N3O/c1-2-9-17(12-14-7-6-8-16-14)13-15(19)18-10-4-3-5-11-18/h14,16H,2-13H2,1H3. The summed E-state index contributed by atoms with van der Waals surface area (Å²) in [5.74, 6) is 0.339. The van der Waals surface area contributed by atoms with Crippen molar-refractivity contribution in [2.75, 3.05) is 39.3 Å². The maximum Gasteiger partial charge on any atom is 0.236 e.